The molecule has 2 rings (SSSR count). The van der Waals surface area contributed by atoms with E-state index in [4.69, 9.17) is 0 Å². The Morgan fingerprint density at radius 1 is 1.36 bits per heavy atom. The fourth-order valence-corrected chi connectivity index (χ4v) is 2.70. The molecule has 2 unspecified atom stereocenters. The van der Waals surface area contributed by atoms with Crippen molar-refractivity contribution in [1.29, 1.82) is 0 Å². The summed E-state index contributed by atoms with van der Waals surface area (Å²) in [5.74, 6) is 0. The molecule has 1 N–H and O–H groups in total. The Labute approximate surface area is 85.8 Å². The van der Waals surface area contributed by atoms with E-state index in [1.54, 1.807) is 0 Å². The van der Waals surface area contributed by atoms with Crippen molar-refractivity contribution in [2.75, 3.05) is 0 Å². The quantitative estimate of drug-likeness (QED) is 0.722. The van der Waals surface area contributed by atoms with Crippen LogP contribution in [0.4, 0.5) is 0 Å². The summed E-state index contributed by atoms with van der Waals surface area (Å²) in [4.78, 5) is 0. The molecule has 1 aliphatic rings. The minimum atomic E-state index is -0.0976. The van der Waals surface area contributed by atoms with E-state index in [9.17, 15) is 5.11 Å². The van der Waals surface area contributed by atoms with E-state index in [0.29, 0.717) is 0 Å². The van der Waals surface area contributed by atoms with E-state index in [0.717, 1.165) is 19.3 Å². The summed E-state index contributed by atoms with van der Waals surface area (Å²) in [7, 11) is 0. The van der Waals surface area contributed by atoms with Gasteiger partial charge in [-0.25, -0.2) is 0 Å². The molecule has 0 saturated heterocycles. The van der Waals surface area contributed by atoms with Crippen molar-refractivity contribution in [3.8, 4) is 0 Å². The van der Waals surface area contributed by atoms with E-state index in [1.807, 2.05) is 0 Å². The molecule has 1 nitrogen and oxygen atoms in total. The predicted octanol–water partition coefficient (Wildman–Crippen LogP) is 2.80. The molecule has 0 aliphatic heterocycles. The summed E-state index contributed by atoms with van der Waals surface area (Å²) in [5.41, 5.74) is 2.96. The van der Waals surface area contributed by atoms with E-state index in [2.05, 4.69) is 38.1 Å². The van der Waals surface area contributed by atoms with Gasteiger partial charge in [0.1, 0.15) is 0 Å². The number of rotatable bonds is 1. The normalized spacial score (nSPS) is 32.1. The fraction of sp³-hybridized carbons (Fsp3) is 0.538. The molecule has 1 fully saturated rings. The average Bonchev–Trinajstić information content (AvgIpc) is 2.48. The lowest BCUT2D eigenvalue weighted by Crippen LogP contribution is -2.19. The predicted molar refractivity (Wildman–Crippen MR) is 58.4 cm³/mol. The molecule has 14 heavy (non-hydrogen) atoms. The van der Waals surface area contributed by atoms with Crippen LogP contribution in [0.15, 0.2) is 24.3 Å². The van der Waals surface area contributed by atoms with E-state index in [1.165, 1.54) is 11.1 Å². The zero-order chi connectivity index (χ0) is 10.2. The van der Waals surface area contributed by atoms with Crippen LogP contribution in [0.3, 0.4) is 0 Å². The third kappa shape index (κ3) is 1.57. The zero-order valence-electron chi connectivity index (χ0n) is 8.96. The monoisotopic (exact) mass is 190 g/mol. The van der Waals surface area contributed by atoms with Gasteiger partial charge in [0.15, 0.2) is 0 Å². The van der Waals surface area contributed by atoms with Crippen LogP contribution in [0, 0.1) is 6.92 Å². The minimum Gasteiger partial charge on any atom is -0.393 e. The molecule has 1 heteroatoms. The second-order valence-electron chi connectivity index (χ2n) is 4.77. The van der Waals surface area contributed by atoms with Crippen molar-refractivity contribution in [3.63, 3.8) is 0 Å². The molecule has 1 aromatic rings. The molecule has 0 bridgehead atoms. The van der Waals surface area contributed by atoms with Crippen LogP contribution in [-0.4, -0.2) is 11.2 Å². The second-order valence-corrected chi connectivity index (χ2v) is 4.77. The van der Waals surface area contributed by atoms with Gasteiger partial charge < -0.3 is 5.11 Å². The van der Waals surface area contributed by atoms with Gasteiger partial charge >= 0.3 is 0 Å². The zero-order valence-corrected chi connectivity index (χ0v) is 8.96. The minimum absolute atomic E-state index is 0.0976. The standard InChI is InChI=1S/C13H18O/c1-10-5-3-4-6-12(10)13(2)8-7-11(14)9-13/h3-6,11,14H,7-9H2,1-2H3. The third-order valence-electron chi connectivity index (χ3n) is 3.51. The summed E-state index contributed by atoms with van der Waals surface area (Å²) < 4.78 is 0. The Bertz CT molecular complexity index is 332. The molecule has 0 heterocycles. The van der Waals surface area contributed by atoms with Crippen LogP contribution in [0.25, 0.3) is 0 Å². The van der Waals surface area contributed by atoms with Crippen molar-refractivity contribution < 1.29 is 5.11 Å². The van der Waals surface area contributed by atoms with Crippen molar-refractivity contribution in [3.05, 3.63) is 35.4 Å². The van der Waals surface area contributed by atoms with Gasteiger partial charge in [-0.3, -0.25) is 0 Å². The SMILES string of the molecule is Cc1ccccc1C1(C)CCC(O)C1. The summed E-state index contributed by atoms with van der Waals surface area (Å²) in [5, 5.41) is 9.62. The highest BCUT2D eigenvalue weighted by molar-refractivity contribution is 5.33. The molecule has 0 radical (unpaired) electrons. The maximum Gasteiger partial charge on any atom is 0.0549 e. The van der Waals surface area contributed by atoms with Gasteiger partial charge in [-0.15, -0.1) is 0 Å². The number of aliphatic hydroxyl groups is 1. The van der Waals surface area contributed by atoms with Crippen molar-refractivity contribution in [2.45, 2.75) is 44.6 Å². The lowest BCUT2D eigenvalue weighted by Gasteiger charge is -2.26. The number of hydrogen-bond donors (Lipinski definition) is 1. The van der Waals surface area contributed by atoms with Crippen molar-refractivity contribution in [1.82, 2.24) is 0 Å². The van der Waals surface area contributed by atoms with Crippen molar-refractivity contribution in [2.24, 2.45) is 0 Å². The van der Waals surface area contributed by atoms with Crippen LogP contribution in [-0.2, 0) is 5.41 Å². The maximum atomic E-state index is 9.62. The first-order chi connectivity index (χ1) is 6.62. The number of aliphatic hydroxyl groups excluding tert-OH is 1. The fourth-order valence-electron chi connectivity index (χ4n) is 2.70. The molecule has 1 aliphatic carbocycles. The van der Waals surface area contributed by atoms with Crippen LogP contribution >= 0.6 is 0 Å². The number of benzene rings is 1. The van der Waals surface area contributed by atoms with Crippen LogP contribution in [0.2, 0.25) is 0 Å². The summed E-state index contributed by atoms with van der Waals surface area (Å²) in [6.45, 7) is 4.43. The molecular formula is C13H18O. The van der Waals surface area contributed by atoms with Gasteiger partial charge in [0.05, 0.1) is 6.10 Å². The van der Waals surface area contributed by atoms with E-state index in [-0.39, 0.29) is 11.5 Å². The Kier molecular flexibility index (Phi) is 2.36. The van der Waals surface area contributed by atoms with Gasteiger partial charge in [-0.05, 0) is 42.7 Å². The molecule has 76 valence electrons. The molecule has 1 saturated carbocycles. The molecule has 0 amide bonds. The molecular weight excluding hydrogens is 172 g/mol. The summed E-state index contributed by atoms with van der Waals surface area (Å²) in [6, 6.07) is 8.53. The Morgan fingerprint density at radius 3 is 2.64 bits per heavy atom. The van der Waals surface area contributed by atoms with E-state index >= 15 is 0 Å². The molecule has 2 atom stereocenters. The lowest BCUT2D eigenvalue weighted by atomic mass is 9.79. The summed E-state index contributed by atoms with van der Waals surface area (Å²) >= 11 is 0. The third-order valence-corrected chi connectivity index (χ3v) is 3.51. The molecule has 1 aromatic carbocycles. The first-order valence-electron chi connectivity index (χ1n) is 5.36. The smallest absolute Gasteiger partial charge is 0.0549 e. The highest BCUT2D eigenvalue weighted by Crippen LogP contribution is 2.41. The first kappa shape index (κ1) is 9.72. The Balaban J connectivity index is 2.35. The largest absolute Gasteiger partial charge is 0.393 e. The molecule has 0 spiro atoms. The number of hydrogen-bond acceptors (Lipinski definition) is 1. The van der Waals surface area contributed by atoms with Gasteiger partial charge in [-0.2, -0.15) is 0 Å². The number of aryl methyl sites for hydroxylation is 1. The average molecular weight is 190 g/mol. The van der Waals surface area contributed by atoms with Crippen LogP contribution in [0.1, 0.15) is 37.3 Å². The van der Waals surface area contributed by atoms with Gasteiger partial charge in [0.25, 0.3) is 0 Å². The van der Waals surface area contributed by atoms with E-state index < -0.39 is 0 Å². The highest BCUT2D eigenvalue weighted by atomic mass is 16.3. The highest BCUT2D eigenvalue weighted by Gasteiger charge is 2.36. The summed E-state index contributed by atoms with van der Waals surface area (Å²) in [6.07, 6.45) is 2.88. The van der Waals surface area contributed by atoms with Gasteiger partial charge in [-0.1, -0.05) is 31.2 Å². The van der Waals surface area contributed by atoms with Crippen molar-refractivity contribution >= 4 is 0 Å². The maximum absolute atomic E-state index is 9.62. The first-order valence-corrected chi connectivity index (χ1v) is 5.36. The Hall–Kier alpha value is -0.820. The van der Waals surface area contributed by atoms with Gasteiger partial charge in [0, 0.05) is 0 Å². The lowest BCUT2D eigenvalue weighted by molar-refractivity contribution is 0.175. The van der Waals surface area contributed by atoms with Gasteiger partial charge in [0.2, 0.25) is 0 Å². The van der Waals surface area contributed by atoms with Crippen LogP contribution < -0.4 is 0 Å². The topological polar surface area (TPSA) is 20.2 Å². The van der Waals surface area contributed by atoms with Crippen LogP contribution in [0.5, 0.6) is 0 Å². The second kappa shape index (κ2) is 3.39. The Morgan fingerprint density at radius 2 is 2.07 bits per heavy atom. The molecule has 0 aromatic heterocycles.